The molecule has 0 radical (unpaired) electrons. The Bertz CT molecular complexity index is 468. The van der Waals surface area contributed by atoms with Gasteiger partial charge >= 0.3 is 0 Å². The van der Waals surface area contributed by atoms with Gasteiger partial charge in [0.25, 0.3) is 0 Å². The van der Waals surface area contributed by atoms with Crippen molar-refractivity contribution in [2.45, 2.75) is 31.6 Å². The topological polar surface area (TPSA) is 72.2 Å². The normalized spacial score (nSPS) is 15.4. The first-order valence-electron chi connectivity index (χ1n) is 5.15. The van der Waals surface area contributed by atoms with Crippen LogP contribution in [-0.4, -0.2) is 24.7 Å². The summed E-state index contributed by atoms with van der Waals surface area (Å²) in [4.78, 5) is 1.13. The van der Waals surface area contributed by atoms with Crippen molar-refractivity contribution in [1.82, 2.24) is 4.72 Å². The van der Waals surface area contributed by atoms with Gasteiger partial charge in [0.1, 0.15) is 5.25 Å². The van der Waals surface area contributed by atoms with E-state index in [0.29, 0.717) is 6.42 Å². The van der Waals surface area contributed by atoms with Gasteiger partial charge in [-0.05, 0) is 31.7 Å². The van der Waals surface area contributed by atoms with E-state index in [2.05, 4.69) is 4.72 Å². The summed E-state index contributed by atoms with van der Waals surface area (Å²) < 4.78 is 26.3. The highest BCUT2D eigenvalue weighted by molar-refractivity contribution is 7.93. The quantitative estimate of drug-likeness (QED) is 0.775. The van der Waals surface area contributed by atoms with Crippen molar-refractivity contribution in [2.75, 3.05) is 0 Å². The van der Waals surface area contributed by atoms with Crippen LogP contribution in [0.2, 0.25) is 0 Å². The van der Waals surface area contributed by atoms with Crippen molar-refractivity contribution in [1.29, 1.82) is 0 Å². The van der Waals surface area contributed by atoms with Gasteiger partial charge in [-0.1, -0.05) is 18.3 Å². The molecule has 1 heterocycles. The number of hydrogen-bond donors (Lipinski definition) is 2. The lowest BCUT2D eigenvalue weighted by Gasteiger charge is -2.17. The van der Waals surface area contributed by atoms with Gasteiger partial charge in [0.2, 0.25) is 10.0 Å². The van der Waals surface area contributed by atoms with Crippen LogP contribution in [0, 0.1) is 0 Å². The van der Waals surface area contributed by atoms with E-state index in [-0.39, 0.29) is 11.0 Å². The SMILES string of the molecule is CC(Cc1cccs1)NS(=O)(=O)C(C)C(N)=S. The van der Waals surface area contributed by atoms with Crippen LogP contribution >= 0.6 is 23.6 Å². The van der Waals surface area contributed by atoms with Crippen molar-refractivity contribution in [3.63, 3.8) is 0 Å². The van der Waals surface area contributed by atoms with Gasteiger partial charge in [-0.15, -0.1) is 11.3 Å². The lowest BCUT2D eigenvalue weighted by atomic mass is 10.2. The minimum atomic E-state index is -3.47. The lowest BCUT2D eigenvalue weighted by molar-refractivity contribution is 0.558. The minimum Gasteiger partial charge on any atom is -0.392 e. The highest BCUT2D eigenvalue weighted by Gasteiger charge is 2.24. The molecule has 0 saturated carbocycles. The van der Waals surface area contributed by atoms with Crippen LogP contribution in [0.3, 0.4) is 0 Å². The molecule has 0 aliphatic carbocycles. The maximum absolute atomic E-state index is 11.8. The molecule has 2 atom stereocenters. The molecular weight excluding hydrogens is 276 g/mol. The first-order chi connectivity index (χ1) is 7.83. The number of nitrogens with two attached hydrogens (primary N) is 1. The summed E-state index contributed by atoms with van der Waals surface area (Å²) in [5, 5.41) is 1.12. The van der Waals surface area contributed by atoms with Crippen molar-refractivity contribution in [2.24, 2.45) is 5.73 Å². The second-order valence-electron chi connectivity index (χ2n) is 3.89. The third-order valence-corrected chi connectivity index (χ3v) is 5.64. The van der Waals surface area contributed by atoms with E-state index in [0.717, 1.165) is 4.88 Å². The molecule has 2 unspecified atom stereocenters. The Morgan fingerprint density at radius 1 is 1.59 bits per heavy atom. The van der Waals surface area contributed by atoms with Crippen molar-refractivity contribution < 1.29 is 8.42 Å². The first-order valence-corrected chi connectivity index (χ1v) is 7.99. The van der Waals surface area contributed by atoms with Crippen LogP contribution in [0.15, 0.2) is 17.5 Å². The molecule has 0 spiro atoms. The van der Waals surface area contributed by atoms with Crippen molar-refractivity contribution in [3.8, 4) is 0 Å². The van der Waals surface area contributed by atoms with Gasteiger partial charge in [-0.3, -0.25) is 0 Å². The molecule has 0 amide bonds. The van der Waals surface area contributed by atoms with Gasteiger partial charge in [-0.2, -0.15) is 0 Å². The number of hydrogen-bond acceptors (Lipinski definition) is 4. The van der Waals surface area contributed by atoms with Crippen LogP contribution in [0.25, 0.3) is 0 Å². The zero-order chi connectivity index (χ0) is 13.1. The highest BCUT2D eigenvalue weighted by Crippen LogP contribution is 2.12. The Hall–Kier alpha value is -0.500. The lowest BCUT2D eigenvalue weighted by Crippen LogP contribution is -2.44. The molecule has 96 valence electrons. The highest BCUT2D eigenvalue weighted by atomic mass is 32.2. The third kappa shape index (κ3) is 4.34. The largest absolute Gasteiger partial charge is 0.392 e. The summed E-state index contributed by atoms with van der Waals surface area (Å²) >= 11 is 6.30. The molecule has 1 aromatic rings. The van der Waals surface area contributed by atoms with Gasteiger partial charge in [0, 0.05) is 10.9 Å². The van der Waals surface area contributed by atoms with Gasteiger partial charge in [-0.25, -0.2) is 13.1 Å². The van der Waals surface area contributed by atoms with Crippen LogP contribution in [0.5, 0.6) is 0 Å². The Kier molecular flexibility index (Phi) is 5.05. The van der Waals surface area contributed by atoms with Gasteiger partial charge in [0.15, 0.2) is 0 Å². The van der Waals surface area contributed by atoms with Gasteiger partial charge < -0.3 is 5.73 Å². The number of rotatable bonds is 6. The minimum absolute atomic E-state index is 0.0131. The Morgan fingerprint density at radius 3 is 2.71 bits per heavy atom. The average Bonchev–Trinajstić information content (AvgIpc) is 2.67. The van der Waals surface area contributed by atoms with Crippen LogP contribution in [0.1, 0.15) is 18.7 Å². The summed E-state index contributed by atoms with van der Waals surface area (Å²) in [6.45, 7) is 3.31. The molecular formula is C10H16N2O2S3. The van der Waals surface area contributed by atoms with Crippen molar-refractivity contribution in [3.05, 3.63) is 22.4 Å². The number of thiocarbonyl (C=S) groups is 1. The molecule has 0 aliphatic rings. The molecule has 0 bridgehead atoms. The first kappa shape index (κ1) is 14.6. The zero-order valence-electron chi connectivity index (χ0n) is 9.71. The molecule has 7 heteroatoms. The Morgan fingerprint density at radius 2 is 2.24 bits per heavy atom. The Labute approximate surface area is 111 Å². The standard InChI is InChI=1S/C10H16N2O2S3/c1-7(6-9-4-3-5-16-9)12-17(13,14)8(2)10(11)15/h3-5,7-8,12H,6H2,1-2H3,(H2,11,15). The molecule has 17 heavy (non-hydrogen) atoms. The van der Waals surface area contributed by atoms with Crippen LogP contribution in [0.4, 0.5) is 0 Å². The molecule has 0 aliphatic heterocycles. The fraction of sp³-hybridized carbons (Fsp3) is 0.500. The van der Waals surface area contributed by atoms with E-state index >= 15 is 0 Å². The molecule has 0 saturated heterocycles. The van der Waals surface area contributed by atoms with Crippen LogP contribution < -0.4 is 10.5 Å². The maximum atomic E-state index is 11.8. The third-order valence-electron chi connectivity index (χ3n) is 2.32. The van der Waals surface area contributed by atoms with E-state index in [9.17, 15) is 8.42 Å². The summed E-state index contributed by atoms with van der Waals surface area (Å²) in [5.74, 6) is 0. The van der Waals surface area contributed by atoms with E-state index in [1.165, 1.54) is 6.92 Å². The predicted octanol–water partition coefficient (Wildman–Crippen LogP) is 1.27. The number of thiophene rings is 1. The molecule has 1 aromatic heterocycles. The second-order valence-corrected chi connectivity index (χ2v) is 7.43. The monoisotopic (exact) mass is 292 g/mol. The molecule has 4 nitrogen and oxygen atoms in total. The van der Waals surface area contributed by atoms with Gasteiger partial charge in [0.05, 0.1) is 4.99 Å². The second kappa shape index (κ2) is 5.90. The summed E-state index contributed by atoms with van der Waals surface area (Å²) in [6.07, 6.45) is 0.668. The average molecular weight is 292 g/mol. The molecule has 3 N–H and O–H groups in total. The van der Waals surface area contributed by atoms with E-state index < -0.39 is 15.3 Å². The number of nitrogens with one attached hydrogen (secondary N) is 1. The zero-order valence-corrected chi connectivity index (χ0v) is 12.2. The molecule has 0 aromatic carbocycles. The number of sulfonamides is 1. The smallest absolute Gasteiger partial charge is 0.220 e. The fourth-order valence-corrected chi connectivity index (χ4v) is 3.68. The van der Waals surface area contributed by atoms with E-state index in [4.69, 9.17) is 18.0 Å². The fourth-order valence-electron chi connectivity index (χ4n) is 1.31. The summed E-state index contributed by atoms with van der Waals surface area (Å²) in [7, 11) is -3.47. The van der Waals surface area contributed by atoms with Crippen molar-refractivity contribution >= 4 is 38.6 Å². The van der Waals surface area contributed by atoms with Crippen LogP contribution in [-0.2, 0) is 16.4 Å². The molecule has 0 fully saturated rings. The summed E-state index contributed by atoms with van der Waals surface area (Å²) in [6, 6.07) is 3.75. The Balaban J connectivity index is 2.62. The summed E-state index contributed by atoms with van der Waals surface area (Å²) in [5.41, 5.74) is 5.35. The predicted molar refractivity (Wildman–Crippen MR) is 75.8 cm³/mol. The van der Waals surface area contributed by atoms with E-state index in [1.54, 1.807) is 11.3 Å². The molecule has 1 rings (SSSR count). The van der Waals surface area contributed by atoms with E-state index in [1.807, 2.05) is 24.4 Å². The maximum Gasteiger partial charge on any atom is 0.220 e.